The maximum atomic E-state index is 12.2. The van der Waals surface area contributed by atoms with Gasteiger partial charge in [-0.05, 0) is 42.9 Å². The number of nitrogens with zero attached hydrogens (tertiary/aromatic N) is 4. The molecule has 1 aromatic carbocycles. The molecule has 1 atom stereocenters. The molecule has 0 bridgehead atoms. The number of hydrogen-bond donors (Lipinski definition) is 3. The molecule has 0 spiro atoms. The average molecular weight is 482 g/mol. The van der Waals surface area contributed by atoms with E-state index in [1.54, 1.807) is 4.52 Å². The van der Waals surface area contributed by atoms with Gasteiger partial charge in [0.25, 0.3) is 0 Å². The molecule has 3 N–H and O–H groups in total. The van der Waals surface area contributed by atoms with Gasteiger partial charge in [0.2, 0.25) is 5.95 Å². The lowest BCUT2D eigenvalue weighted by atomic mass is 10.1. The lowest BCUT2D eigenvalue weighted by Gasteiger charge is -2.23. The monoisotopic (exact) mass is 481 g/mol. The van der Waals surface area contributed by atoms with E-state index in [0.717, 1.165) is 42.7 Å². The highest BCUT2D eigenvalue weighted by Gasteiger charge is 2.20. The average Bonchev–Trinajstić information content (AvgIpc) is 3.27. The van der Waals surface area contributed by atoms with Gasteiger partial charge in [-0.15, -0.1) is 0 Å². The number of ether oxygens (including phenoxy) is 2. The van der Waals surface area contributed by atoms with E-state index >= 15 is 0 Å². The second-order valence-corrected chi connectivity index (χ2v) is 9.53. The van der Waals surface area contributed by atoms with E-state index in [9.17, 15) is 4.79 Å². The summed E-state index contributed by atoms with van der Waals surface area (Å²) >= 11 is 0. The molecule has 1 aliphatic heterocycles. The summed E-state index contributed by atoms with van der Waals surface area (Å²) in [7, 11) is 0. The van der Waals surface area contributed by atoms with Gasteiger partial charge in [-0.3, -0.25) is 5.32 Å². The number of nitrogens with one attached hydrogen (secondary N) is 3. The Morgan fingerprint density at radius 1 is 1.23 bits per heavy atom. The lowest BCUT2D eigenvalue weighted by Crippen LogP contribution is -2.37. The zero-order valence-corrected chi connectivity index (χ0v) is 20.9. The predicted molar refractivity (Wildman–Crippen MR) is 135 cm³/mol. The third-order valence-electron chi connectivity index (χ3n) is 5.76. The maximum Gasteiger partial charge on any atom is 0.411 e. The third-order valence-corrected chi connectivity index (χ3v) is 5.76. The van der Waals surface area contributed by atoms with Crippen molar-refractivity contribution in [2.75, 3.05) is 30.3 Å². The first kappa shape index (κ1) is 24.7. The number of carbonyl (C=O) groups excluding carboxylic acids is 1. The minimum Gasteiger partial charge on any atom is -0.459 e. The minimum atomic E-state index is -0.471. The van der Waals surface area contributed by atoms with Gasteiger partial charge in [-0.1, -0.05) is 45.9 Å². The van der Waals surface area contributed by atoms with E-state index in [0.29, 0.717) is 30.8 Å². The highest BCUT2D eigenvalue weighted by molar-refractivity contribution is 5.85. The van der Waals surface area contributed by atoms with Crippen LogP contribution in [-0.4, -0.2) is 51.5 Å². The summed E-state index contributed by atoms with van der Waals surface area (Å²) < 4.78 is 13.1. The van der Waals surface area contributed by atoms with Gasteiger partial charge >= 0.3 is 12.1 Å². The Morgan fingerprint density at radius 2 is 2.06 bits per heavy atom. The van der Waals surface area contributed by atoms with Crippen LogP contribution in [0.25, 0.3) is 5.65 Å². The molecule has 0 aliphatic carbocycles. The van der Waals surface area contributed by atoms with Crippen LogP contribution >= 0.6 is 0 Å². The molecule has 1 saturated heterocycles. The van der Waals surface area contributed by atoms with Crippen molar-refractivity contribution in [3.8, 4) is 6.01 Å². The molecule has 35 heavy (non-hydrogen) atoms. The van der Waals surface area contributed by atoms with Crippen LogP contribution in [0.1, 0.15) is 57.6 Å². The van der Waals surface area contributed by atoms with Crippen molar-refractivity contribution in [1.82, 2.24) is 24.9 Å². The quantitative estimate of drug-likeness (QED) is 0.417. The first-order valence-electron chi connectivity index (χ1n) is 12.3. The Bertz CT molecular complexity index is 1140. The molecule has 1 fully saturated rings. The van der Waals surface area contributed by atoms with Crippen molar-refractivity contribution in [2.45, 2.75) is 59.1 Å². The van der Waals surface area contributed by atoms with Gasteiger partial charge in [0.05, 0.1) is 12.8 Å². The largest absolute Gasteiger partial charge is 0.459 e. The summed E-state index contributed by atoms with van der Waals surface area (Å²) in [5.74, 6) is 1.04. The van der Waals surface area contributed by atoms with Crippen molar-refractivity contribution in [1.29, 1.82) is 0 Å². The highest BCUT2D eigenvalue weighted by Crippen LogP contribution is 2.24. The number of para-hydroxylation sites is 1. The van der Waals surface area contributed by atoms with E-state index < -0.39 is 6.09 Å². The van der Waals surface area contributed by atoms with Crippen molar-refractivity contribution in [2.24, 2.45) is 5.92 Å². The van der Waals surface area contributed by atoms with Crippen LogP contribution in [0.3, 0.4) is 0 Å². The SMILES string of the molecule is CC(C)COC(=O)Nc1ccccc1CNc1nc(O[C@@H]2CCCNC2)nc2c(C(C)C)cnn12. The van der Waals surface area contributed by atoms with Crippen LogP contribution in [0, 0.1) is 5.92 Å². The standard InChI is InChI=1S/C25H35N7O3/c1-16(2)15-34-25(33)29-21-10-6-5-8-18(21)12-27-23-31-24(35-19-9-7-11-26-13-19)30-22-20(17(3)4)14-28-32(22)23/h5-6,8,10,14,16-17,19,26H,7,9,11-13,15H2,1-4H3,(H,29,33)(H,27,30,31)/t19-/m1/s1. The first-order valence-corrected chi connectivity index (χ1v) is 12.3. The fraction of sp³-hybridized carbons (Fsp3) is 0.520. The Kier molecular flexibility index (Phi) is 8.02. The van der Waals surface area contributed by atoms with Crippen LogP contribution in [0.5, 0.6) is 6.01 Å². The fourth-order valence-electron chi connectivity index (χ4n) is 3.88. The molecule has 10 heteroatoms. The Labute approximate surface area is 205 Å². The topological polar surface area (TPSA) is 115 Å². The van der Waals surface area contributed by atoms with Gasteiger partial charge in [0.15, 0.2) is 5.65 Å². The van der Waals surface area contributed by atoms with Crippen LogP contribution in [-0.2, 0) is 11.3 Å². The number of anilines is 2. The minimum absolute atomic E-state index is 0.0336. The summed E-state index contributed by atoms with van der Waals surface area (Å²) in [6.45, 7) is 10.8. The van der Waals surface area contributed by atoms with E-state index in [1.807, 2.05) is 44.3 Å². The van der Waals surface area contributed by atoms with E-state index in [-0.39, 0.29) is 17.9 Å². The molecule has 0 saturated carbocycles. The zero-order valence-electron chi connectivity index (χ0n) is 20.9. The molecule has 188 valence electrons. The summed E-state index contributed by atoms with van der Waals surface area (Å²) in [5.41, 5.74) is 3.31. The Morgan fingerprint density at radius 3 is 2.80 bits per heavy atom. The molecule has 3 aromatic rings. The van der Waals surface area contributed by atoms with Crippen molar-refractivity contribution in [3.05, 3.63) is 41.6 Å². The number of benzene rings is 1. The third kappa shape index (κ3) is 6.39. The smallest absolute Gasteiger partial charge is 0.411 e. The fourth-order valence-corrected chi connectivity index (χ4v) is 3.88. The number of fused-ring (bicyclic) bond motifs is 1. The number of hydrogen-bond acceptors (Lipinski definition) is 8. The maximum absolute atomic E-state index is 12.2. The molecular weight excluding hydrogens is 446 g/mol. The number of rotatable bonds is 9. The van der Waals surface area contributed by atoms with Crippen molar-refractivity contribution in [3.63, 3.8) is 0 Å². The summed E-state index contributed by atoms with van der Waals surface area (Å²) in [6.07, 6.45) is 3.41. The Hall–Kier alpha value is -3.40. The number of amides is 1. The number of carbonyl (C=O) groups is 1. The van der Waals surface area contributed by atoms with Crippen LogP contribution in [0.15, 0.2) is 30.5 Å². The molecule has 3 heterocycles. The van der Waals surface area contributed by atoms with Gasteiger partial charge in [0.1, 0.15) is 6.10 Å². The summed E-state index contributed by atoms with van der Waals surface area (Å²) in [5, 5.41) is 14.1. The predicted octanol–water partition coefficient (Wildman–Crippen LogP) is 4.20. The first-order chi connectivity index (χ1) is 16.9. The molecule has 4 rings (SSSR count). The van der Waals surface area contributed by atoms with E-state index in [2.05, 4.69) is 44.9 Å². The van der Waals surface area contributed by atoms with Crippen molar-refractivity contribution < 1.29 is 14.3 Å². The molecular formula is C25H35N7O3. The van der Waals surface area contributed by atoms with Crippen LogP contribution < -0.4 is 20.7 Å². The van der Waals surface area contributed by atoms with Gasteiger partial charge in [0, 0.05) is 24.3 Å². The molecule has 1 amide bonds. The zero-order chi connectivity index (χ0) is 24.8. The molecule has 10 nitrogen and oxygen atoms in total. The Balaban J connectivity index is 1.55. The van der Waals surface area contributed by atoms with Crippen LogP contribution in [0.4, 0.5) is 16.4 Å². The molecule has 0 unspecified atom stereocenters. The molecule has 1 aliphatic rings. The summed E-state index contributed by atoms with van der Waals surface area (Å²) in [6, 6.07) is 7.92. The second-order valence-electron chi connectivity index (χ2n) is 9.53. The van der Waals surface area contributed by atoms with Gasteiger partial charge in [-0.25, -0.2) is 4.79 Å². The van der Waals surface area contributed by atoms with Gasteiger partial charge in [-0.2, -0.15) is 19.6 Å². The lowest BCUT2D eigenvalue weighted by molar-refractivity contribution is 0.147. The van der Waals surface area contributed by atoms with Crippen LogP contribution in [0.2, 0.25) is 0 Å². The second kappa shape index (κ2) is 11.4. The highest BCUT2D eigenvalue weighted by atomic mass is 16.5. The molecule has 0 radical (unpaired) electrons. The normalized spacial score (nSPS) is 16.0. The molecule has 2 aromatic heterocycles. The number of piperidine rings is 1. The van der Waals surface area contributed by atoms with E-state index in [4.69, 9.17) is 9.47 Å². The van der Waals surface area contributed by atoms with Crippen molar-refractivity contribution >= 4 is 23.4 Å². The number of aromatic nitrogens is 4. The van der Waals surface area contributed by atoms with E-state index in [1.165, 1.54) is 0 Å². The summed E-state index contributed by atoms with van der Waals surface area (Å²) in [4.78, 5) is 21.5. The van der Waals surface area contributed by atoms with Gasteiger partial charge < -0.3 is 20.1 Å².